The number of amides is 1. The number of carbonyl (C=O) groups is 1. The predicted molar refractivity (Wildman–Crippen MR) is 76.6 cm³/mol. The van der Waals surface area contributed by atoms with Crippen LogP contribution in [-0.2, 0) is 19.1 Å². The lowest BCUT2D eigenvalue weighted by atomic mass is 10.2. The molecule has 0 bridgehead atoms. The van der Waals surface area contributed by atoms with Crippen LogP contribution in [0.5, 0.6) is 0 Å². The first-order valence-corrected chi connectivity index (χ1v) is 6.71. The van der Waals surface area contributed by atoms with Gasteiger partial charge in [-0.15, -0.1) is 0 Å². The van der Waals surface area contributed by atoms with Crippen molar-refractivity contribution in [1.82, 2.24) is 5.06 Å². The first-order valence-electron chi connectivity index (χ1n) is 6.71. The van der Waals surface area contributed by atoms with Crippen LogP contribution in [-0.4, -0.2) is 60.7 Å². The topological polar surface area (TPSA) is 89.8 Å². The number of hydrogen-bond donors (Lipinski definition) is 1. The van der Waals surface area contributed by atoms with Gasteiger partial charge in [-0.1, -0.05) is 5.16 Å². The number of hydroxylamine groups is 2. The molecule has 0 aromatic rings. The first-order chi connectivity index (χ1) is 9.69. The highest BCUT2D eigenvalue weighted by molar-refractivity contribution is 5.72. The van der Waals surface area contributed by atoms with E-state index in [2.05, 4.69) is 5.16 Å². The van der Waals surface area contributed by atoms with Gasteiger partial charge >= 0.3 is 6.09 Å². The van der Waals surface area contributed by atoms with E-state index in [-0.39, 0.29) is 13.2 Å². The molecule has 0 spiro atoms. The Morgan fingerprint density at radius 1 is 1.38 bits per heavy atom. The largest absolute Gasteiger partial charge is 0.479 e. The fourth-order valence-corrected chi connectivity index (χ4v) is 1.23. The summed E-state index contributed by atoms with van der Waals surface area (Å²) >= 11 is 0. The third-order valence-corrected chi connectivity index (χ3v) is 2.01. The number of ether oxygens (including phenoxy) is 2. The molecule has 0 heterocycles. The van der Waals surface area contributed by atoms with Gasteiger partial charge in [0.05, 0.1) is 20.3 Å². The highest BCUT2D eigenvalue weighted by Gasteiger charge is 2.24. The standard InChI is InChI=1S/C13H26N2O6/c1-7-19-10(2)14-20-9-11(16)8-15(18-6)12(17)21-13(3,4)5/h11,16H,7-9H2,1-6H3. The lowest BCUT2D eigenvalue weighted by Crippen LogP contribution is -2.41. The maximum Gasteiger partial charge on any atom is 0.434 e. The van der Waals surface area contributed by atoms with Crippen LogP contribution >= 0.6 is 0 Å². The Kier molecular flexibility index (Phi) is 8.72. The molecule has 0 saturated carbocycles. The van der Waals surface area contributed by atoms with E-state index >= 15 is 0 Å². The van der Waals surface area contributed by atoms with Gasteiger partial charge in [-0.25, -0.2) is 4.79 Å². The zero-order chi connectivity index (χ0) is 16.5. The quantitative estimate of drug-likeness (QED) is 0.436. The SMILES string of the molecule is CCOC(C)=NOCC(O)CN(OC)C(=O)OC(C)(C)C. The predicted octanol–water partition coefficient (Wildman–Crippen LogP) is 1.53. The van der Waals surface area contributed by atoms with E-state index in [1.165, 1.54) is 7.11 Å². The van der Waals surface area contributed by atoms with Gasteiger partial charge in [0.1, 0.15) is 18.3 Å². The molecule has 0 aromatic heterocycles. The van der Waals surface area contributed by atoms with Crippen molar-refractivity contribution < 1.29 is 29.0 Å². The van der Waals surface area contributed by atoms with Crippen LogP contribution in [0.1, 0.15) is 34.6 Å². The van der Waals surface area contributed by atoms with Crippen molar-refractivity contribution in [2.75, 3.05) is 26.9 Å². The molecule has 21 heavy (non-hydrogen) atoms. The Morgan fingerprint density at radius 2 is 2.00 bits per heavy atom. The number of aliphatic hydroxyl groups excluding tert-OH is 1. The smallest absolute Gasteiger partial charge is 0.434 e. The Hall–Kier alpha value is -1.54. The van der Waals surface area contributed by atoms with Crippen LogP contribution < -0.4 is 0 Å². The molecular formula is C13H26N2O6. The Bertz CT molecular complexity index is 340. The summed E-state index contributed by atoms with van der Waals surface area (Å²) in [5.74, 6) is 0.362. The summed E-state index contributed by atoms with van der Waals surface area (Å²) in [5, 5.41) is 14.3. The van der Waals surface area contributed by atoms with E-state index in [0.29, 0.717) is 12.5 Å². The summed E-state index contributed by atoms with van der Waals surface area (Å²) in [6.45, 7) is 8.96. The minimum atomic E-state index is -0.976. The summed E-state index contributed by atoms with van der Waals surface area (Å²) in [4.78, 5) is 21.6. The zero-order valence-electron chi connectivity index (χ0n) is 13.6. The summed E-state index contributed by atoms with van der Waals surface area (Å²) in [6.07, 6.45) is -1.66. The average Bonchev–Trinajstić information content (AvgIpc) is 2.34. The van der Waals surface area contributed by atoms with Gasteiger partial charge in [-0.05, 0) is 27.7 Å². The van der Waals surface area contributed by atoms with Crippen molar-refractivity contribution in [1.29, 1.82) is 0 Å². The van der Waals surface area contributed by atoms with Gasteiger partial charge in [-0.2, -0.15) is 5.06 Å². The van der Waals surface area contributed by atoms with Crippen LogP contribution in [0, 0.1) is 0 Å². The molecule has 0 aromatic carbocycles. The molecule has 0 aliphatic heterocycles. The molecule has 1 N–H and O–H groups in total. The number of rotatable bonds is 7. The molecule has 1 atom stereocenters. The molecule has 8 nitrogen and oxygen atoms in total. The maximum atomic E-state index is 11.8. The van der Waals surface area contributed by atoms with Gasteiger partial charge in [0.2, 0.25) is 5.90 Å². The second-order valence-corrected chi connectivity index (χ2v) is 5.22. The van der Waals surface area contributed by atoms with E-state index < -0.39 is 17.8 Å². The highest BCUT2D eigenvalue weighted by atomic mass is 16.7. The van der Waals surface area contributed by atoms with Crippen LogP contribution in [0.3, 0.4) is 0 Å². The van der Waals surface area contributed by atoms with Crippen molar-refractivity contribution >= 4 is 12.0 Å². The molecule has 0 fully saturated rings. The monoisotopic (exact) mass is 306 g/mol. The van der Waals surface area contributed by atoms with Crippen LogP contribution in [0.15, 0.2) is 5.16 Å². The second-order valence-electron chi connectivity index (χ2n) is 5.22. The highest BCUT2D eigenvalue weighted by Crippen LogP contribution is 2.10. The van der Waals surface area contributed by atoms with E-state index in [1.54, 1.807) is 27.7 Å². The molecule has 0 saturated heterocycles. The molecule has 1 unspecified atom stereocenters. The summed E-state index contributed by atoms with van der Waals surface area (Å²) < 4.78 is 10.2. The normalized spacial score (nSPS) is 13.6. The third-order valence-electron chi connectivity index (χ3n) is 2.01. The molecule has 8 heteroatoms. The summed E-state index contributed by atoms with van der Waals surface area (Å²) in [5.41, 5.74) is -0.645. The molecule has 0 aliphatic carbocycles. The average molecular weight is 306 g/mol. The number of nitrogens with zero attached hydrogens (tertiary/aromatic N) is 2. The molecule has 124 valence electrons. The molecule has 0 radical (unpaired) electrons. The van der Waals surface area contributed by atoms with E-state index in [4.69, 9.17) is 19.1 Å². The fraction of sp³-hybridized carbons (Fsp3) is 0.846. The Morgan fingerprint density at radius 3 is 2.48 bits per heavy atom. The van der Waals surface area contributed by atoms with Gasteiger partial charge in [-0.3, -0.25) is 4.84 Å². The van der Waals surface area contributed by atoms with E-state index in [1.807, 2.05) is 6.92 Å². The Balaban J connectivity index is 4.24. The number of hydrogen-bond acceptors (Lipinski definition) is 7. The lowest BCUT2D eigenvalue weighted by molar-refractivity contribution is -0.143. The number of oxime groups is 1. The Labute approximate surface area is 125 Å². The lowest BCUT2D eigenvalue weighted by Gasteiger charge is -2.26. The van der Waals surface area contributed by atoms with Crippen molar-refractivity contribution in [2.45, 2.75) is 46.3 Å². The van der Waals surface area contributed by atoms with Crippen molar-refractivity contribution in [3.05, 3.63) is 0 Å². The minimum absolute atomic E-state index is 0.103. The van der Waals surface area contributed by atoms with Crippen molar-refractivity contribution in [3.8, 4) is 0 Å². The van der Waals surface area contributed by atoms with Gasteiger partial charge in [0.15, 0.2) is 0 Å². The van der Waals surface area contributed by atoms with Crippen LogP contribution in [0.25, 0.3) is 0 Å². The van der Waals surface area contributed by atoms with Gasteiger partial charge < -0.3 is 19.4 Å². The first kappa shape index (κ1) is 19.5. The zero-order valence-corrected chi connectivity index (χ0v) is 13.6. The number of aliphatic hydroxyl groups is 1. The molecule has 0 rings (SSSR count). The van der Waals surface area contributed by atoms with Gasteiger partial charge in [0, 0.05) is 6.92 Å². The van der Waals surface area contributed by atoms with Gasteiger partial charge in [0.25, 0.3) is 0 Å². The van der Waals surface area contributed by atoms with Crippen molar-refractivity contribution in [2.24, 2.45) is 5.16 Å². The maximum absolute atomic E-state index is 11.8. The number of carbonyl (C=O) groups excluding carboxylic acids is 1. The summed E-state index contributed by atoms with van der Waals surface area (Å²) in [7, 11) is 1.31. The van der Waals surface area contributed by atoms with E-state index in [0.717, 1.165) is 5.06 Å². The van der Waals surface area contributed by atoms with E-state index in [9.17, 15) is 9.90 Å². The second kappa shape index (κ2) is 9.41. The fourth-order valence-electron chi connectivity index (χ4n) is 1.23. The van der Waals surface area contributed by atoms with Crippen molar-refractivity contribution in [3.63, 3.8) is 0 Å². The van der Waals surface area contributed by atoms with Crippen LogP contribution in [0.2, 0.25) is 0 Å². The summed E-state index contributed by atoms with van der Waals surface area (Å²) in [6, 6.07) is 0. The third kappa shape index (κ3) is 9.91. The minimum Gasteiger partial charge on any atom is -0.479 e. The van der Waals surface area contributed by atoms with Crippen LogP contribution in [0.4, 0.5) is 4.79 Å². The molecular weight excluding hydrogens is 280 g/mol. The molecule has 1 amide bonds. The molecule has 0 aliphatic rings.